The lowest BCUT2D eigenvalue weighted by Crippen LogP contribution is -2.39. The Hall–Kier alpha value is -1.24. The monoisotopic (exact) mass is 310 g/mol. The summed E-state index contributed by atoms with van der Waals surface area (Å²) in [6.07, 6.45) is 0.290. The van der Waals surface area contributed by atoms with E-state index in [0.29, 0.717) is 13.0 Å². The van der Waals surface area contributed by atoms with Crippen LogP contribution in [0.15, 0.2) is 22.2 Å². The number of hydrogen-bond donors (Lipinski definition) is 1. The number of carbonyl (C=O) groups is 1. The van der Waals surface area contributed by atoms with Gasteiger partial charge in [-0.15, -0.1) is 11.3 Å². The molecule has 0 fully saturated rings. The van der Waals surface area contributed by atoms with E-state index in [1.807, 2.05) is 30.7 Å². The highest BCUT2D eigenvalue weighted by molar-refractivity contribution is 7.14. The van der Waals surface area contributed by atoms with Gasteiger partial charge in [-0.2, -0.15) is 11.3 Å². The zero-order chi connectivity index (χ0) is 14.5. The van der Waals surface area contributed by atoms with E-state index >= 15 is 0 Å². The van der Waals surface area contributed by atoms with Crippen molar-refractivity contribution in [3.8, 4) is 10.6 Å². The summed E-state index contributed by atoms with van der Waals surface area (Å²) in [6.45, 7) is 4.26. The van der Waals surface area contributed by atoms with E-state index in [4.69, 9.17) is 5.11 Å². The van der Waals surface area contributed by atoms with E-state index in [2.05, 4.69) is 10.4 Å². The molecule has 0 atom stereocenters. The standard InChI is InChI=1S/C14H18N2O2S2/c1-10(2)16(4-5-17)13(18)7-12-9-20-14(15-12)11-3-6-19-8-11/h3,6,8-10,17H,4-5,7H2,1-2H3. The van der Waals surface area contributed by atoms with Crippen LogP contribution in [0.25, 0.3) is 10.6 Å². The van der Waals surface area contributed by atoms with E-state index in [1.165, 1.54) is 0 Å². The molecule has 0 unspecified atom stereocenters. The first-order valence-electron chi connectivity index (χ1n) is 6.49. The molecule has 0 bridgehead atoms. The van der Waals surface area contributed by atoms with E-state index in [0.717, 1.165) is 16.3 Å². The van der Waals surface area contributed by atoms with Crippen molar-refractivity contribution in [3.05, 3.63) is 27.9 Å². The number of hydrogen-bond acceptors (Lipinski definition) is 5. The van der Waals surface area contributed by atoms with Crippen LogP contribution in [0.2, 0.25) is 0 Å². The molecule has 1 N–H and O–H groups in total. The Labute approximate surface area is 126 Å². The van der Waals surface area contributed by atoms with Gasteiger partial charge in [-0.25, -0.2) is 4.98 Å². The molecule has 2 aromatic rings. The minimum atomic E-state index is -0.0128. The van der Waals surface area contributed by atoms with Crippen LogP contribution in [0.1, 0.15) is 19.5 Å². The van der Waals surface area contributed by atoms with Gasteiger partial charge in [-0.3, -0.25) is 4.79 Å². The number of carbonyl (C=O) groups excluding carboxylic acids is 1. The minimum absolute atomic E-state index is 0.0104. The number of thiazole rings is 1. The number of aliphatic hydroxyl groups excluding tert-OH is 1. The highest BCUT2D eigenvalue weighted by atomic mass is 32.1. The molecule has 2 rings (SSSR count). The second-order valence-corrected chi connectivity index (χ2v) is 6.38. The summed E-state index contributed by atoms with van der Waals surface area (Å²) in [4.78, 5) is 18.4. The average molecular weight is 310 g/mol. The molecule has 0 aliphatic carbocycles. The SMILES string of the molecule is CC(C)N(CCO)C(=O)Cc1csc(-c2ccsc2)n1. The van der Waals surface area contributed by atoms with Gasteiger partial charge in [-0.05, 0) is 25.3 Å². The fourth-order valence-electron chi connectivity index (χ4n) is 1.94. The molecular formula is C14H18N2O2S2. The number of nitrogens with zero attached hydrogens (tertiary/aromatic N) is 2. The fourth-order valence-corrected chi connectivity index (χ4v) is 3.47. The topological polar surface area (TPSA) is 53.4 Å². The third-order valence-electron chi connectivity index (χ3n) is 2.94. The van der Waals surface area contributed by atoms with Gasteiger partial charge in [0.15, 0.2) is 0 Å². The van der Waals surface area contributed by atoms with Crippen LogP contribution in [0, 0.1) is 0 Å². The second kappa shape index (κ2) is 6.97. The van der Waals surface area contributed by atoms with Crippen molar-refractivity contribution in [1.82, 2.24) is 9.88 Å². The summed E-state index contributed by atoms with van der Waals surface area (Å²) < 4.78 is 0. The zero-order valence-electron chi connectivity index (χ0n) is 11.6. The first kappa shape index (κ1) is 15.2. The number of thiophene rings is 1. The molecule has 4 nitrogen and oxygen atoms in total. The predicted molar refractivity (Wildman–Crippen MR) is 83.1 cm³/mol. The van der Waals surface area contributed by atoms with Crippen molar-refractivity contribution in [3.63, 3.8) is 0 Å². The van der Waals surface area contributed by atoms with Crippen molar-refractivity contribution >= 4 is 28.6 Å². The van der Waals surface area contributed by atoms with E-state index in [9.17, 15) is 4.79 Å². The van der Waals surface area contributed by atoms with Gasteiger partial charge >= 0.3 is 0 Å². The summed E-state index contributed by atoms with van der Waals surface area (Å²) in [6, 6.07) is 2.12. The number of aromatic nitrogens is 1. The van der Waals surface area contributed by atoms with Crippen LogP contribution in [-0.4, -0.2) is 40.1 Å². The van der Waals surface area contributed by atoms with Gasteiger partial charge in [0.1, 0.15) is 5.01 Å². The molecule has 0 saturated heterocycles. The fraction of sp³-hybridized carbons (Fsp3) is 0.429. The Balaban J connectivity index is 2.04. The highest BCUT2D eigenvalue weighted by Gasteiger charge is 2.18. The Bertz CT molecular complexity index is 549. The summed E-state index contributed by atoms with van der Waals surface area (Å²) in [5.41, 5.74) is 1.90. The quantitative estimate of drug-likeness (QED) is 0.892. The third-order valence-corrected chi connectivity index (χ3v) is 4.56. The van der Waals surface area contributed by atoms with Crippen LogP contribution in [0.5, 0.6) is 0 Å². The Morgan fingerprint density at radius 2 is 2.25 bits per heavy atom. The largest absolute Gasteiger partial charge is 0.395 e. The lowest BCUT2D eigenvalue weighted by atomic mass is 10.2. The molecular weight excluding hydrogens is 292 g/mol. The Morgan fingerprint density at radius 3 is 2.85 bits per heavy atom. The van der Waals surface area contributed by atoms with Gasteiger partial charge < -0.3 is 10.0 Å². The summed E-state index contributed by atoms with van der Waals surface area (Å²) in [7, 11) is 0. The molecule has 20 heavy (non-hydrogen) atoms. The van der Waals surface area contributed by atoms with Gasteiger partial charge in [0.2, 0.25) is 5.91 Å². The third kappa shape index (κ3) is 3.65. The molecule has 2 aromatic heterocycles. The summed E-state index contributed by atoms with van der Waals surface area (Å²) >= 11 is 3.19. The smallest absolute Gasteiger partial charge is 0.228 e. The first-order chi connectivity index (χ1) is 9.61. The predicted octanol–water partition coefficient (Wildman–Crippen LogP) is 2.64. The van der Waals surface area contributed by atoms with Crippen LogP contribution in [0.4, 0.5) is 0 Å². The molecule has 0 spiro atoms. The van der Waals surface area contributed by atoms with Gasteiger partial charge in [0.25, 0.3) is 0 Å². The lowest BCUT2D eigenvalue weighted by molar-refractivity contribution is -0.132. The Morgan fingerprint density at radius 1 is 1.45 bits per heavy atom. The van der Waals surface area contributed by atoms with Crippen molar-refractivity contribution in [2.75, 3.05) is 13.2 Å². The maximum absolute atomic E-state index is 12.2. The van der Waals surface area contributed by atoms with E-state index < -0.39 is 0 Å². The minimum Gasteiger partial charge on any atom is -0.395 e. The van der Waals surface area contributed by atoms with Crippen LogP contribution in [0.3, 0.4) is 0 Å². The van der Waals surface area contributed by atoms with Gasteiger partial charge in [0, 0.05) is 28.9 Å². The molecule has 0 aliphatic heterocycles. The van der Waals surface area contributed by atoms with Crippen molar-refractivity contribution < 1.29 is 9.90 Å². The number of aliphatic hydroxyl groups is 1. The van der Waals surface area contributed by atoms with Gasteiger partial charge in [0.05, 0.1) is 18.7 Å². The van der Waals surface area contributed by atoms with Gasteiger partial charge in [-0.1, -0.05) is 0 Å². The molecule has 108 valence electrons. The van der Waals surface area contributed by atoms with Crippen molar-refractivity contribution in [2.24, 2.45) is 0 Å². The average Bonchev–Trinajstić information content (AvgIpc) is 3.05. The molecule has 0 saturated carbocycles. The van der Waals surface area contributed by atoms with Crippen molar-refractivity contribution in [2.45, 2.75) is 26.3 Å². The molecule has 6 heteroatoms. The molecule has 0 aliphatic rings. The van der Waals surface area contributed by atoms with E-state index in [1.54, 1.807) is 27.6 Å². The molecule has 2 heterocycles. The summed E-state index contributed by atoms with van der Waals surface area (Å²) in [5.74, 6) is 0.0104. The van der Waals surface area contributed by atoms with E-state index in [-0.39, 0.29) is 18.6 Å². The zero-order valence-corrected chi connectivity index (χ0v) is 13.2. The number of rotatable bonds is 6. The maximum Gasteiger partial charge on any atom is 0.228 e. The van der Waals surface area contributed by atoms with Crippen LogP contribution < -0.4 is 0 Å². The summed E-state index contributed by atoms with van der Waals surface area (Å²) in [5, 5.41) is 16.0. The molecule has 0 radical (unpaired) electrons. The second-order valence-electron chi connectivity index (χ2n) is 4.74. The highest BCUT2D eigenvalue weighted by Crippen LogP contribution is 2.26. The molecule has 0 aromatic carbocycles. The molecule has 1 amide bonds. The van der Waals surface area contributed by atoms with Crippen LogP contribution >= 0.6 is 22.7 Å². The number of amides is 1. The lowest BCUT2D eigenvalue weighted by Gasteiger charge is -2.25. The normalized spacial score (nSPS) is 11.0. The Kier molecular flexibility index (Phi) is 5.28. The maximum atomic E-state index is 12.2. The van der Waals surface area contributed by atoms with Crippen molar-refractivity contribution in [1.29, 1.82) is 0 Å². The van der Waals surface area contributed by atoms with Crippen LogP contribution in [-0.2, 0) is 11.2 Å². The first-order valence-corrected chi connectivity index (χ1v) is 8.31.